The van der Waals surface area contributed by atoms with Crippen LogP contribution in [0.3, 0.4) is 0 Å². The van der Waals surface area contributed by atoms with Gasteiger partial charge < -0.3 is 14.2 Å². The molecule has 1 atom stereocenters. The van der Waals surface area contributed by atoms with E-state index in [1.54, 1.807) is 36.8 Å². The Kier molecular flexibility index (Phi) is 4.73. The van der Waals surface area contributed by atoms with Crippen LogP contribution < -0.4 is 10.1 Å². The molecular formula is C23H21N5O4. The number of methoxy groups -OCH3 is 1. The number of fused-ring (bicyclic) bond motifs is 1. The number of nitrogens with one attached hydrogen (secondary N) is 1. The summed E-state index contributed by atoms with van der Waals surface area (Å²) in [6.07, 6.45) is 5.70. The van der Waals surface area contributed by atoms with Gasteiger partial charge in [-0.15, -0.1) is 0 Å². The summed E-state index contributed by atoms with van der Waals surface area (Å²) in [5, 5.41) is 2.33. The second-order valence-corrected chi connectivity index (χ2v) is 7.94. The van der Waals surface area contributed by atoms with E-state index in [1.807, 2.05) is 29.8 Å². The molecule has 3 amide bonds. The zero-order valence-electron chi connectivity index (χ0n) is 17.7. The van der Waals surface area contributed by atoms with Crippen LogP contribution in [0.25, 0.3) is 22.5 Å². The van der Waals surface area contributed by atoms with Crippen LogP contribution >= 0.6 is 0 Å². The Morgan fingerprint density at radius 3 is 2.75 bits per heavy atom. The molecule has 0 saturated carbocycles. The highest BCUT2D eigenvalue weighted by Gasteiger charge is 2.39. The Balaban J connectivity index is 1.49. The van der Waals surface area contributed by atoms with Crippen LogP contribution in [0.4, 0.5) is 0 Å². The number of hydrogen-bond acceptors (Lipinski definition) is 6. The number of aryl methyl sites for hydroxylation is 1. The van der Waals surface area contributed by atoms with E-state index in [0.717, 1.165) is 28.1 Å². The summed E-state index contributed by atoms with van der Waals surface area (Å²) >= 11 is 0. The Morgan fingerprint density at radius 2 is 1.97 bits per heavy atom. The first kappa shape index (κ1) is 19.9. The van der Waals surface area contributed by atoms with Crippen LogP contribution in [-0.4, -0.2) is 50.3 Å². The Morgan fingerprint density at radius 1 is 1.12 bits per heavy atom. The van der Waals surface area contributed by atoms with E-state index in [0.29, 0.717) is 24.3 Å². The maximum atomic E-state index is 13.0. The molecule has 5 rings (SSSR count). The van der Waals surface area contributed by atoms with Gasteiger partial charge in [0.1, 0.15) is 11.8 Å². The van der Waals surface area contributed by atoms with Crippen LogP contribution in [0, 0.1) is 0 Å². The van der Waals surface area contributed by atoms with Crippen molar-refractivity contribution in [1.29, 1.82) is 0 Å². The fourth-order valence-electron chi connectivity index (χ4n) is 4.36. The molecule has 0 spiro atoms. The molecule has 32 heavy (non-hydrogen) atoms. The highest BCUT2D eigenvalue weighted by atomic mass is 16.5. The first-order valence-electron chi connectivity index (χ1n) is 10.2. The Labute approximate surface area is 184 Å². The molecule has 162 valence electrons. The van der Waals surface area contributed by atoms with Gasteiger partial charge in [0.05, 0.1) is 31.0 Å². The lowest BCUT2D eigenvalue weighted by Gasteiger charge is -2.29. The number of aromatic nitrogens is 3. The van der Waals surface area contributed by atoms with Crippen molar-refractivity contribution < 1.29 is 19.1 Å². The molecule has 0 radical (unpaired) electrons. The first-order chi connectivity index (χ1) is 15.5. The van der Waals surface area contributed by atoms with E-state index in [2.05, 4.69) is 15.3 Å². The number of amides is 3. The minimum Gasteiger partial charge on any atom is -0.495 e. The summed E-state index contributed by atoms with van der Waals surface area (Å²) in [5.74, 6) is -0.263. The average Bonchev–Trinajstić information content (AvgIpc) is 3.33. The van der Waals surface area contributed by atoms with Crippen molar-refractivity contribution in [1.82, 2.24) is 24.8 Å². The molecule has 2 aromatic heterocycles. The number of imidazole rings is 1. The minimum absolute atomic E-state index is 0.195. The third kappa shape index (κ3) is 3.22. The van der Waals surface area contributed by atoms with Crippen LogP contribution in [0.15, 0.2) is 43.0 Å². The number of carbonyl (C=O) groups is 3. The van der Waals surface area contributed by atoms with E-state index < -0.39 is 11.9 Å². The number of nitrogens with zero attached hydrogens (tertiary/aromatic N) is 4. The van der Waals surface area contributed by atoms with Crippen LogP contribution in [0.1, 0.15) is 28.8 Å². The molecule has 1 fully saturated rings. The third-order valence-electron chi connectivity index (χ3n) is 5.96. The Bertz CT molecular complexity index is 1270. The van der Waals surface area contributed by atoms with Gasteiger partial charge in [0.15, 0.2) is 0 Å². The topological polar surface area (TPSA) is 106 Å². The molecule has 2 aliphatic heterocycles. The summed E-state index contributed by atoms with van der Waals surface area (Å²) in [5.41, 5.74) is 4.76. The third-order valence-corrected chi connectivity index (χ3v) is 5.96. The lowest BCUT2D eigenvalue weighted by molar-refractivity contribution is -0.136. The number of benzene rings is 1. The maximum absolute atomic E-state index is 13.0. The van der Waals surface area contributed by atoms with Crippen molar-refractivity contribution in [2.75, 3.05) is 7.11 Å². The van der Waals surface area contributed by atoms with Gasteiger partial charge in [-0.3, -0.25) is 24.7 Å². The monoisotopic (exact) mass is 431 g/mol. The van der Waals surface area contributed by atoms with Crippen molar-refractivity contribution in [2.24, 2.45) is 7.05 Å². The van der Waals surface area contributed by atoms with Crippen LogP contribution in [0.2, 0.25) is 0 Å². The molecule has 0 unspecified atom stereocenters. The van der Waals surface area contributed by atoms with E-state index >= 15 is 0 Å². The summed E-state index contributed by atoms with van der Waals surface area (Å²) < 4.78 is 7.22. The van der Waals surface area contributed by atoms with Gasteiger partial charge in [-0.1, -0.05) is 6.07 Å². The highest BCUT2D eigenvalue weighted by molar-refractivity contribution is 6.05. The van der Waals surface area contributed by atoms with E-state index in [9.17, 15) is 14.4 Å². The van der Waals surface area contributed by atoms with Gasteiger partial charge in [-0.05, 0) is 30.2 Å². The molecule has 0 aliphatic carbocycles. The first-order valence-corrected chi connectivity index (χ1v) is 10.2. The number of rotatable bonds is 4. The van der Waals surface area contributed by atoms with Crippen molar-refractivity contribution in [3.8, 4) is 28.3 Å². The molecule has 9 heteroatoms. The van der Waals surface area contributed by atoms with Crippen molar-refractivity contribution in [3.05, 3.63) is 54.1 Å². The summed E-state index contributed by atoms with van der Waals surface area (Å²) in [4.78, 5) is 47.1. The molecule has 2 aliphatic rings. The van der Waals surface area contributed by atoms with Crippen molar-refractivity contribution in [2.45, 2.75) is 25.4 Å². The van der Waals surface area contributed by atoms with Crippen LogP contribution in [-0.2, 0) is 23.2 Å². The van der Waals surface area contributed by atoms with Gasteiger partial charge in [0.25, 0.3) is 5.91 Å². The number of pyridine rings is 1. The largest absolute Gasteiger partial charge is 0.495 e. The quantitative estimate of drug-likeness (QED) is 0.633. The molecule has 1 saturated heterocycles. The fraction of sp³-hybridized carbons (Fsp3) is 0.261. The molecule has 1 N–H and O–H groups in total. The van der Waals surface area contributed by atoms with E-state index in [4.69, 9.17) is 4.74 Å². The second-order valence-electron chi connectivity index (χ2n) is 7.94. The lowest BCUT2D eigenvalue weighted by atomic mass is 10.0. The maximum Gasteiger partial charge on any atom is 0.255 e. The van der Waals surface area contributed by atoms with Gasteiger partial charge in [0.2, 0.25) is 11.8 Å². The highest BCUT2D eigenvalue weighted by Crippen LogP contribution is 2.35. The summed E-state index contributed by atoms with van der Waals surface area (Å²) in [6, 6.07) is 6.85. The normalized spacial score (nSPS) is 18.0. The molecule has 3 aromatic rings. The van der Waals surface area contributed by atoms with E-state index in [-0.39, 0.29) is 18.2 Å². The van der Waals surface area contributed by atoms with Crippen molar-refractivity contribution >= 4 is 17.7 Å². The van der Waals surface area contributed by atoms with Gasteiger partial charge in [-0.25, -0.2) is 4.98 Å². The molecule has 0 bridgehead atoms. The standard InChI is InChI=1S/C23H21N5O4/c1-27-12-25-20(21(27)14-8-16(32-2)10-24-9-14)13-3-4-17-15(7-13)11-28(23(17)31)18-5-6-19(29)26-22(18)30/h3-4,7-10,12,18H,5-6,11H2,1-2H3,(H,26,29,30)/t18-/m0/s1. The number of imide groups is 1. The lowest BCUT2D eigenvalue weighted by Crippen LogP contribution is -2.52. The smallest absolute Gasteiger partial charge is 0.255 e. The molecule has 4 heterocycles. The van der Waals surface area contributed by atoms with E-state index in [1.165, 1.54) is 0 Å². The van der Waals surface area contributed by atoms with Gasteiger partial charge in [0, 0.05) is 42.9 Å². The number of hydrogen-bond donors (Lipinski definition) is 1. The second kappa shape index (κ2) is 7.60. The number of carbonyl (C=O) groups excluding carboxylic acids is 3. The fourth-order valence-corrected chi connectivity index (χ4v) is 4.36. The molecule has 9 nitrogen and oxygen atoms in total. The van der Waals surface area contributed by atoms with Gasteiger partial charge >= 0.3 is 0 Å². The number of ether oxygens (including phenoxy) is 1. The summed E-state index contributed by atoms with van der Waals surface area (Å²) in [6.45, 7) is 0.317. The minimum atomic E-state index is -0.635. The summed E-state index contributed by atoms with van der Waals surface area (Å²) in [7, 11) is 3.50. The predicted molar refractivity (Wildman–Crippen MR) is 114 cm³/mol. The van der Waals surface area contributed by atoms with Crippen LogP contribution in [0.5, 0.6) is 5.75 Å². The molecular weight excluding hydrogens is 410 g/mol. The van der Waals surface area contributed by atoms with Gasteiger partial charge in [-0.2, -0.15) is 0 Å². The molecule has 1 aromatic carbocycles. The predicted octanol–water partition coefficient (Wildman–Crippen LogP) is 1.92. The Hall–Kier alpha value is -4.01. The average molecular weight is 431 g/mol. The number of piperidine rings is 1. The zero-order valence-corrected chi connectivity index (χ0v) is 17.7. The van der Waals surface area contributed by atoms with Crippen molar-refractivity contribution in [3.63, 3.8) is 0 Å². The zero-order chi connectivity index (χ0) is 22.4. The SMILES string of the molecule is COc1cncc(-c2c(-c3ccc4c(c3)CN([C@H]3CCC(=O)NC3=O)C4=O)ncn2C)c1.